The van der Waals surface area contributed by atoms with Gasteiger partial charge < -0.3 is 34.0 Å². The van der Waals surface area contributed by atoms with Crippen molar-refractivity contribution in [2.24, 2.45) is 0 Å². The molecule has 1 heterocycles. The summed E-state index contributed by atoms with van der Waals surface area (Å²) >= 11 is 0. The minimum absolute atomic E-state index is 0.0163. The van der Waals surface area contributed by atoms with Gasteiger partial charge in [0.1, 0.15) is 0 Å². The highest BCUT2D eigenvalue weighted by atomic mass is 16.7. The average Bonchev–Trinajstić information content (AvgIpc) is 2.88. The number of aromatic nitrogens is 1. The summed E-state index contributed by atoms with van der Waals surface area (Å²) in [6, 6.07) is 2.41. The van der Waals surface area contributed by atoms with Crippen molar-refractivity contribution in [3.05, 3.63) is 12.1 Å². The molecule has 0 aliphatic carbocycles. The van der Waals surface area contributed by atoms with Gasteiger partial charge in [0.2, 0.25) is 11.8 Å². The van der Waals surface area contributed by atoms with E-state index in [1.54, 1.807) is 0 Å². The Labute approximate surface area is 140 Å². The lowest BCUT2D eigenvalue weighted by atomic mass is 10.5. The monoisotopic (exact) mass is 347 g/mol. The molecule has 1 rings (SSSR count). The van der Waals surface area contributed by atoms with Crippen molar-refractivity contribution in [3.63, 3.8) is 0 Å². The van der Waals surface area contributed by atoms with Gasteiger partial charge in [-0.05, 0) is 6.92 Å². The molecular weight excluding hydrogens is 322 g/mol. The van der Waals surface area contributed by atoms with Crippen LogP contribution in [0.5, 0.6) is 11.8 Å². The maximum absolute atomic E-state index is 11.5. The summed E-state index contributed by atoms with van der Waals surface area (Å²) in [5.41, 5.74) is 0. The van der Waals surface area contributed by atoms with E-state index in [2.05, 4.69) is 0 Å². The normalized spacial score (nSPS) is 10.9. The number of aromatic hydroxyl groups is 2. The van der Waals surface area contributed by atoms with E-state index in [-0.39, 0.29) is 24.8 Å². The van der Waals surface area contributed by atoms with Crippen LogP contribution in [0.2, 0.25) is 0 Å². The van der Waals surface area contributed by atoms with Crippen LogP contribution in [0.1, 0.15) is 13.3 Å². The minimum Gasteiger partial charge on any atom is -0.492 e. The molecule has 1 aromatic heterocycles. The van der Waals surface area contributed by atoms with Crippen LogP contribution < -0.4 is 4.84 Å². The zero-order valence-corrected chi connectivity index (χ0v) is 13.8. The molecule has 0 radical (unpaired) electrons. The van der Waals surface area contributed by atoms with Gasteiger partial charge in [-0.3, -0.25) is 0 Å². The lowest BCUT2D eigenvalue weighted by molar-refractivity contribution is -0.146. The first-order valence-electron chi connectivity index (χ1n) is 7.77. The van der Waals surface area contributed by atoms with Gasteiger partial charge in [-0.15, -0.1) is 4.73 Å². The van der Waals surface area contributed by atoms with Crippen molar-refractivity contribution < 1.29 is 38.8 Å². The molecule has 24 heavy (non-hydrogen) atoms. The SMILES string of the molecule is CCOCCOCCOCCOCCC(=O)On1c(O)ccc1O. The number of hydrogen-bond acceptors (Lipinski definition) is 8. The summed E-state index contributed by atoms with van der Waals surface area (Å²) in [4.78, 5) is 16.2. The summed E-state index contributed by atoms with van der Waals surface area (Å²) in [7, 11) is 0. The Morgan fingerprint density at radius 2 is 1.33 bits per heavy atom. The molecule has 0 bridgehead atoms. The molecule has 0 aromatic carbocycles. The maximum Gasteiger partial charge on any atom is 0.335 e. The van der Waals surface area contributed by atoms with E-state index in [1.807, 2.05) is 6.92 Å². The molecule has 0 saturated carbocycles. The van der Waals surface area contributed by atoms with Crippen LogP contribution in [0, 0.1) is 0 Å². The number of hydrogen-bond donors (Lipinski definition) is 2. The number of carbonyl (C=O) groups is 1. The van der Waals surface area contributed by atoms with Gasteiger partial charge in [0.15, 0.2) is 0 Å². The smallest absolute Gasteiger partial charge is 0.335 e. The highest BCUT2D eigenvalue weighted by Gasteiger charge is 2.11. The van der Waals surface area contributed by atoms with Gasteiger partial charge in [0.25, 0.3) is 0 Å². The van der Waals surface area contributed by atoms with E-state index in [4.69, 9.17) is 23.8 Å². The summed E-state index contributed by atoms with van der Waals surface area (Å²) in [5, 5.41) is 18.6. The fourth-order valence-corrected chi connectivity index (χ4v) is 1.60. The summed E-state index contributed by atoms with van der Waals surface area (Å²) in [6.07, 6.45) is -0.0163. The van der Waals surface area contributed by atoms with E-state index in [0.29, 0.717) is 51.0 Å². The molecule has 0 fully saturated rings. The van der Waals surface area contributed by atoms with Gasteiger partial charge >= 0.3 is 5.97 Å². The Bertz CT molecular complexity index is 443. The van der Waals surface area contributed by atoms with E-state index in [0.717, 1.165) is 0 Å². The Morgan fingerprint density at radius 3 is 1.83 bits per heavy atom. The van der Waals surface area contributed by atoms with Crippen molar-refractivity contribution in [2.75, 3.05) is 52.9 Å². The standard InChI is InChI=1S/C15H25NO8/c1-2-20-7-8-22-11-12-23-10-9-21-6-5-15(19)24-16-13(17)3-4-14(16)18/h3-4,17-18H,2,5-12H2,1H3. The van der Waals surface area contributed by atoms with Crippen LogP contribution in [-0.2, 0) is 23.7 Å². The first-order chi connectivity index (χ1) is 11.6. The predicted octanol–water partition coefficient (Wildman–Crippen LogP) is 0.331. The molecule has 0 amide bonds. The second kappa shape index (κ2) is 12.6. The van der Waals surface area contributed by atoms with Gasteiger partial charge in [-0.25, -0.2) is 4.79 Å². The summed E-state index contributed by atoms with van der Waals surface area (Å²) in [6.45, 7) is 5.56. The first kappa shape index (κ1) is 20.2. The van der Waals surface area contributed by atoms with E-state index < -0.39 is 5.97 Å². The van der Waals surface area contributed by atoms with E-state index in [9.17, 15) is 15.0 Å². The van der Waals surface area contributed by atoms with Gasteiger partial charge in [0.05, 0.1) is 52.7 Å². The average molecular weight is 347 g/mol. The second-order valence-electron chi connectivity index (χ2n) is 4.59. The number of rotatable bonds is 14. The number of nitrogens with zero attached hydrogens (tertiary/aromatic N) is 1. The lowest BCUT2D eigenvalue weighted by Crippen LogP contribution is -2.20. The molecule has 2 N–H and O–H groups in total. The van der Waals surface area contributed by atoms with Crippen LogP contribution in [-0.4, -0.2) is 73.8 Å². The quantitative estimate of drug-likeness (QED) is 0.464. The summed E-state index contributed by atoms with van der Waals surface area (Å²) in [5.74, 6) is -1.36. The summed E-state index contributed by atoms with van der Waals surface area (Å²) < 4.78 is 21.5. The topological polar surface area (TPSA) is 109 Å². The number of carbonyl (C=O) groups excluding carboxylic acids is 1. The molecule has 0 saturated heterocycles. The third-order valence-corrected chi connectivity index (χ3v) is 2.76. The Kier molecular flexibility index (Phi) is 10.6. The maximum atomic E-state index is 11.5. The van der Waals surface area contributed by atoms with Gasteiger partial charge in [-0.2, -0.15) is 0 Å². The molecule has 138 valence electrons. The highest BCUT2D eigenvalue weighted by molar-refractivity contribution is 5.70. The minimum atomic E-state index is -0.639. The van der Waals surface area contributed by atoms with Crippen LogP contribution in [0.15, 0.2) is 12.1 Å². The zero-order chi connectivity index (χ0) is 17.6. The van der Waals surface area contributed by atoms with Crippen molar-refractivity contribution >= 4 is 5.97 Å². The van der Waals surface area contributed by atoms with Crippen LogP contribution >= 0.6 is 0 Å². The zero-order valence-electron chi connectivity index (χ0n) is 13.8. The molecule has 0 spiro atoms. The van der Waals surface area contributed by atoms with Gasteiger partial charge in [-0.1, -0.05) is 0 Å². The highest BCUT2D eigenvalue weighted by Crippen LogP contribution is 2.18. The molecule has 0 unspecified atom stereocenters. The van der Waals surface area contributed by atoms with Gasteiger partial charge in [0, 0.05) is 18.7 Å². The Morgan fingerprint density at radius 1 is 0.875 bits per heavy atom. The lowest BCUT2D eigenvalue weighted by Gasteiger charge is -2.08. The fraction of sp³-hybridized carbons (Fsp3) is 0.667. The van der Waals surface area contributed by atoms with E-state index >= 15 is 0 Å². The number of ether oxygens (including phenoxy) is 4. The van der Waals surface area contributed by atoms with Crippen LogP contribution in [0.25, 0.3) is 0 Å². The van der Waals surface area contributed by atoms with Crippen LogP contribution in [0.4, 0.5) is 0 Å². The van der Waals surface area contributed by atoms with E-state index in [1.165, 1.54) is 12.1 Å². The molecule has 0 aliphatic rings. The van der Waals surface area contributed by atoms with Crippen molar-refractivity contribution in [2.45, 2.75) is 13.3 Å². The molecule has 1 aromatic rings. The third-order valence-electron chi connectivity index (χ3n) is 2.76. The molecule has 0 atom stereocenters. The first-order valence-corrected chi connectivity index (χ1v) is 7.77. The third kappa shape index (κ3) is 8.73. The molecule has 9 nitrogen and oxygen atoms in total. The van der Waals surface area contributed by atoms with Crippen molar-refractivity contribution in [3.8, 4) is 11.8 Å². The molecule has 0 aliphatic heterocycles. The van der Waals surface area contributed by atoms with Crippen molar-refractivity contribution in [1.82, 2.24) is 4.73 Å². The molecular formula is C15H25NO8. The Hall–Kier alpha value is -1.81. The predicted molar refractivity (Wildman–Crippen MR) is 82.9 cm³/mol. The largest absolute Gasteiger partial charge is 0.492 e. The van der Waals surface area contributed by atoms with Crippen molar-refractivity contribution in [1.29, 1.82) is 0 Å². The molecule has 9 heteroatoms. The Balaban J connectivity index is 1.91. The van der Waals surface area contributed by atoms with Crippen LogP contribution in [0.3, 0.4) is 0 Å². The second-order valence-corrected chi connectivity index (χ2v) is 4.59. The fourth-order valence-electron chi connectivity index (χ4n) is 1.60.